The fourth-order valence-electron chi connectivity index (χ4n) is 6.10. The predicted molar refractivity (Wildman–Crippen MR) is 210 cm³/mol. The summed E-state index contributed by atoms with van der Waals surface area (Å²) in [4.78, 5) is 24.1. The van der Waals surface area contributed by atoms with Crippen LogP contribution < -0.4 is 4.74 Å². The Morgan fingerprint density at radius 2 is 1.21 bits per heavy atom. The van der Waals surface area contributed by atoms with Crippen molar-refractivity contribution in [1.29, 1.82) is 0 Å². The largest absolute Gasteiger partial charge is 0.493 e. The molecule has 2 N–H and O–H groups in total. The molecule has 0 aliphatic rings. The van der Waals surface area contributed by atoms with E-state index < -0.39 is 11.9 Å². The topological polar surface area (TPSA) is 102 Å². The number of unbranched alkanes of at least 4 members (excludes halogenated alkanes) is 3. The van der Waals surface area contributed by atoms with Gasteiger partial charge in [0.1, 0.15) is 5.75 Å². The van der Waals surface area contributed by atoms with Gasteiger partial charge in [0.2, 0.25) is 0 Å². The van der Waals surface area contributed by atoms with Gasteiger partial charge >= 0.3 is 11.9 Å². The van der Waals surface area contributed by atoms with Crippen LogP contribution in [0.1, 0.15) is 94.9 Å². The highest BCUT2D eigenvalue weighted by atomic mass is 16.5. The molecule has 0 aromatic heterocycles. The first-order valence-electron chi connectivity index (χ1n) is 19.0. The summed E-state index contributed by atoms with van der Waals surface area (Å²) in [6, 6.07) is 20.0. The molecule has 3 aromatic carbocycles. The van der Waals surface area contributed by atoms with Crippen LogP contribution in [0.2, 0.25) is 0 Å². The molecule has 0 atom stereocenters. The molecule has 3 rings (SSSR count). The molecule has 0 amide bonds. The van der Waals surface area contributed by atoms with Crippen LogP contribution in [0.3, 0.4) is 0 Å². The minimum Gasteiger partial charge on any atom is -0.493 e. The zero-order chi connectivity index (χ0) is 37.9. The van der Waals surface area contributed by atoms with Gasteiger partial charge in [0.05, 0.1) is 19.8 Å². The predicted octanol–water partition coefficient (Wildman–Crippen LogP) is 9.18. The molecule has 282 valence electrons. The molecule has 0 bridgehead atoms. The van der Waals surface area contributed by atoms with Crippen LogP contribution in [0.25, 0.3) is 22.3 Å². The average Bonchev–Trinajstić information content (AvgIpc) is 3.15. The van der Waals surface area contributed by atoms with E-state index in [1.54, 1.807) is 13.8 Å². The van der Waals surface area contributed by atoms with Gasteiger partial charge in [-0.15, -0.1) is 0 Å². The van der Waals surface area contributed by atoms with Gasteiger partial charge in [0.25, 0.3) is 0 Å². The number of aliphatic hydroxyl groups is 2. The van der Waals surface area contributed by atoms with Crippen molar-refractivity contribution in [2.75, 3.05) is 33.0 Å². The molecule has 0 saturated carbocycles. The van der Waals surface area contributed by atoms with E-state index in [-0.39, 0.29) is 32.3 Å². The molecule has 7 heteroatoms. The molecule has 0 fully saturated rings. The van der Waals surface area contributed by atoms with E-state index in [2.05, 4.69) is 81.6 Å². The molecule has 3 aromatic rings. The van der Waals surface area contributed by atoms with Crippen LogP contribution in [0, 0.1) is 5.92 Å². The van der Waals surface area contributed by atoms with Crippen molar-refractivity contribution in [3.8, 4) is 28.0 Å². The van der Waals surface area contributed by atoms with E-state index in [0.717, 1.165) is 40.8 Å². The Hall–Kier alpha value is -4.20. The second-order valence-electron chi connectivity index (χ2n) is 13.8. The number of carbonyl (C=O) groups is 2. The van der Waals surface area contributed by atoms with Crippen LogP contribution >= 0.6 is 0 Å². The van der Waals surface area contributed by atoms with Crippen LogP contribution in [0.15, 0.2) is 78.9 Å². The number of carbonyl (C=O) groups excluding carboxylic acids is 2. The first-order chi connectivity index (χ1) is 25.1. The maximum absolute atomic E-state index is 12.1. The lowest BCUT2D eigenvalue weighted by Gasteiger charge is -2.21. The molecular weight excluding hydrogens is 652 g/mol. The van der Waals surface area contributed by atoms with Crippen molar-refractivity contribution < 1.29 is 34.0 Å². The van der Waals surface area contributed by atoms with Crippen molar-refractivity contribution in [3.63, 3.8) is 0 Å². The maximum atomic E-state index is 12.1. The Kier molecular flexibility index (Phi) is 18.4. The number of aryl methyl sites for hydroxylation is 4. The lowest BCUT2D eigenvalue weighted by atomic mass is 9.89. The number of rotatable bonds is 24. The Balaban J connectivity index is 1.99. The van der Waals surface area contributed by atoms with Crippen LogP contribution in [-0.4, -0.2) is 55.2 Å². The molecule has 0 heterocycles. The molecular formula is C45H60O7. The van der Waals surface area contributed by atoms with Crippen molar-refractivity contribution in [2.24, 2.45) is 5.92 Å². The minimum absolute atomic E-state index is 0.125. The second kappa shape index (κ2) is 22.7. The van der Waals surface area contributed by atoms with Crippen molar-refractivity contribution in [3.05, 3.63) is 101 Å². The second-order valence-corrected chi connectivity index (χ2v) is 13.8. The summed E-state index contributed by atoms with van der Waals surface area (Å²) < 4.78 is 17.3. The van der Waals surface area contributed by atoms with E-state index in [1.807, 2.05) is 0 Å². The summed E-state index contributed by atoms with van der Waals surface area (Å²) in [5.41, 5.74) is 9.84. The Labute approximate surface area is 311 Å². The summed E-state index contributed by atoms with van der Waals surface area (Å²) in [6.07, 6.45) is 9.82. The third-order valence-electron chi connectivity index (χ3n) is 9.28. The third kappa shape index (κ3) is 13.4. The summed E-state index contributed by atoms with van der Waals surface area (Å²) in [6.45, 7) is 15.6. The monoisotopic (exact) mass is 712 g/mol. The first kappa shape index (κ1) is 42.2. The number of hydrogen-bond donors (Lipinski definition) is 2. The van der Waals surface area contributed by atoms with E-state index in [0.29, 0.717) is 49.9 Å². The normalized spacial score (nSPS) is 11.1. The lowest BCUT2D eigenvalue weighted by Crippen LogP contribution is -2.16. The van der Waals surface area contributed by atoms with Crippen molar-refractivity contribution >= 4 is 11.9 Å². The standard InChI is InChI=1S/C45H60O7/c1-7-9-10-11-14-34-17-19-37(20-18-34)38-21-22-42(36(8-2)27-38)41-28-39(15-12-24-51-44(48)32(3)4)43(50-26-23-35(30-46)31-47)40(29-41)16-13-25-52-45(49)33(5)6/h17-22,27-29,35,46-47H,3,5,7-16,23-26,30-31H2,1-2,4,6H3. The maximum Gasteiger partial charge on any atom is 0.333 e. The first-order valence-corrected chi connectivity index (χ1v) is 19.0. The van der Waals surface area contributed by atoms with Gasteiger partial charge in [0, 0.05) is 30.3 Å². The molecule has 52 heavy (non-hydrogen) atoms. The highest BCUT2D eigenvalue weighted by molar-refractivity contribution is 5.87. The summed E-state index contributed by atoms with van der Waals surface area (Å²) in [5, 5.41) is 19.3. The molecule has 0 aliphatic carbocycles. The fraction of sp³-hybridized carbons (Fsp3) is 0.467. The third-order valence-corrected chi connectivity index (χ3v) is 9.28. The van der Waals surface area contributed by atoms with Crippen LogP contribution in [-0.2, 0) is 44.7 Å². The lowest BCUT2D eigenvalue weighted by molar-refractivity contribution is -0.139. The van der Waals surface area contributed by atoms with E-state index >= 15 is 0 Å². The smallest absolute Gasteiger partial charge is 0.333 e. The number of esters is 2. The SMILES string of the molecule is C=C(C)C(=O)OCCCc1cc(-c2ccc(-c3ccc(CCCCCC)cc3)cc2CC)cc(CCCOC(=O)C(=C)C)c1OCCC(CO)CO. The van der Waals surface area contributed by atoms with E-state index in [9.17, 15) is 19.8 Å². The van der Waals surface area contributed by atoms with Gasteiger partial charge in [0.15, 0.2) is 0 Å². The highest BCUT2D eigenvalue weighted by Crippen LogP contribution is 2.36. The van der Waals surface area contributed by atoms with Gasteiger partial charge in [-0.1, -0.05) is 88.7 Å². The highest BCUT2D eigenvalue weighted by Gasteiger charge is 2.18. The van der Waals surface area contributed by atoms with Gasteiger partial charge < -0.3 is 24.4 Å². The van der Waals surface area contributed by atoms with Crippen LogP contribution in [0.5, 0.6) is 5.75 Å². The van der Waals surface area contributed by atoms with Crippen molar-refractivity contribution in [2.45, 2.75) is 98.3 Å². The molecule has 0 saturated heterocycles. The number of ether oxygens (including phenoxy) is 3. The number of aliphatic hydroxyl groups excluding tert-OH is 2. The van der Waals surface area contributed by atoms with E-state index in [4.69, 9.17) is 14.2 Å². The molecule has 0 spiro atoms. The number of hydrogen-bond acceptors (Lipinski definition) is 7. The quantitative estimate of drug-likeness (QED) is 0.0543. The van der Waals surface area contributed by atoms with Crippen LogP contribution in [0.4, 0.5) is 0 Å². The van der Waals surface area contributed by atoms with Gasteiger partial charge in [-0.05, 0) is 122 Å². The molecule has 0 aliphatic heterocycles. The van der Waals surface area contributed by atoms with Gasteiger partial charge in [-0.3, -0.25) is 0 Å². The molecule has 0 radical (unpaired) electrons. The fourth-order valence-corrected chi connectivity index (χ4v) is 6.10. The van der Waals surface area contributed by atoms with Gasteiger partial charge in [-0.2, -0.15) is 0 Å². The Morgan fingerprint density at radius 1 is 0.654 bits per heavy atom. The summed E-state index contributed by atoms with van der Waals surface area (Å²) in [5.74, 6) is -0.366. The molecule has 7 nitrogen and oxygen atoms in total. The van der Waals surface area contributed by atoms with Crippen molar-refractivity contribution in [1.82, 2.24) is 0 Å². The number of benzene rings is 3. The zero-order valence-electron chi connectivity index (χ0n) is 31.9. The molecule has 0 unspecified atom stereocenters. The summed E-state index contributed by atoms with van der Waals surface area (Å²) in [7, 11) is 0. The average molecular weight is 713 g/mol. The zero-order valence-corrected chi connectivity index (χ0v) is 31.9. The summed E-state index contributed by atoms with van der Waals surface area (Å²) >= 11 is 0. The van der Waals surface area contributed by atoms with E-state index in [1.165, 1.54) is 47.9 Å². The Morgan fingerprint density at radius 3 is 1.73 bits per heavy atom. The minimum atomic E-state index is -0.413. The van der Waals surface area contributed by atoms with Gasteiger partial charge in [-0.25, -0.2) is 9.59 Å². The Bertz CT molecular complexity index is 1550.